The highest BCUT2D eigenvalue weighted by molar-refractivity contribution is 7.86. The van der Waals surface area contributed by atoms with Crippen LogP contribution >= 0.6 is 0 Å². The maximum absolute atomic E-state index is 12.6. The lowest BCUT2D eigenvalue weighted by Crippen LogP contribution is -2.52. The van der Waals surface area contributed by atoms with Gasteiger partial charge in [0.25, 0.3) is 6.36 Å². The molecule has 0 aliphatic heterocycles. The molecule has 0 aromatic carbocycles. The normalized spacial score (nSPS) is 16.7. The van der Waals surface area contributed by atoms with Crippen LogP contribution in [0.2, 0.25) is 0 Å². The molecule has 0 saturated carbocycles. The van der Waals surface area contributed by atoms with Gasteiger partial charge in [0.2, 0.25) is 0 Å². The number of alkyl halides is 10. The second-order valence-electron chi connectivity index (χ2n) is 3.41. The predicted octanol–water partition coefficient (Wildman–Crippen LogP) is 2.54. The van der Waals surface area contributed by atoms with Crippen molar-refractivity contribution in [2.24, 2.45) is 0 Å². The van der Waals surface area contributed by atoms with E-state index in [4.69, 9.17) is 4.55 Å². The lowest BCUT2D eigenvalue weighted by molar-refractivity contribution is -0.421. The Morgan fingerprint density at radius 1 is 0.955 bits per heavy atom. The van der Waals surface area contributed by atoms with Gasteiger partial charge in [-0.1, -0.05) is 0 Å². The molecule has 0 amide bonds. The fraction of sp³-hybridized carbons (Fsp3) is 1.00. The van der Waals surface area contributed by atoms with E-state index >= 15 is 0 Å². The van der Waals surface area contributed by atoms with Crippen LogP contribution in [0.5, 0.6) is 0 Å². The average Bonchev–Trinajstić information content (AvgIpc) is 2.23. The number of halogens is 10. The van der Waals surface area contributed by atoms with Gasteiger partial charge in [-0.2, -0.15) is 47.9 Å². The van der Waals surface area contributed by atoms with Crippen LogP contribution in [0.3, 0.4) is 0 Å². The summed E-state index contributed by atoms with van der Waals surface area (Å²) < 4.78 is 155. The molecule has 0 aliphatic carbocycles. The van der Waals surface area contributed by atoms with Crippen LogP contribution < -0.4 is 0 Å². The Morgan fingerprint density at radius 3 is 1.68 bits per heavy atom. The molecule has 0 bridgehead atoms. The van der Waals surface area contributed by atoms with E-state index in [0.717, 1.165) is 0 Å². The van der Waals surface area contributed by atoms with Gasteiger partial charge in [0.1, 0.15) is 6.61 Å². The van der Waals surface area contributed by atoms with E-state index in [2.05, 4.69) is 9.47 Å². The third-order valence-corrected chi connectivity index (χ3v) is 2.49. The summed E-state index contributed by atoms with van der Waals surface area (Å²) in [6.07, 6.45) is -22.7. The molecule has 0 aromatic heterocycles. The molecule has 1 unspecified atom stereocenters. The second-order valence-corrected chi connectivity index (χ2v) is 4.87. The van der Waals surface area contributed by atoms with Crippen LogP contribution in [0.4, 0.5) is 43.9 Å². The minimum Gasteiger partial charge on any atom is -0.307 e. The predicted molar refractivity (Wildman–Crippen MR) is 44.4 cm³/mol. The van der Waals surface area contributed by atoms with Crippen molar-refractivity contribution in [2.75, 3.05) is 6.61 Å². The maximum Gasteiger partial charge on any atom is 0.460 e. The average molecular weight is 378 g/mol. The molecule has 0 spiro atoms. The Hall–Kier alpha value is -0.870. The smallest absolute Gasteiger partial charge is 0.307 e. The highest BCUT2D eigenvalue weighted by Crippen LogP contribution is 2.42. The molecule has 0 saturated heterocycles. The van der Waals surface area contributed by atoms with E-state index in [-0.39, 0.29) is 0 Å². The minimum absolute atomic E-state index is 2.13. The van der Waals surface area contributed by atoms with Gasteiger partial charge in [0.15, 0.2) is 0 Å². The Morgan fingerprint density at radius 2 is 1.36 bits per heavy atom. The first-order valence-corrected chi connectivity index (χ1v) is 5.90. The molecule has 0 aromatic rings. The van der Waals surface area contributed by atoms with E-state index in [0.29, 0.717) is 0 Å². The first-order chi connectivity index (χ1) is 9.33. The Kier molecular flexibility index (Phi) is 5.73. The number of hydrogen-bond donors (Lipinski definition) is 1. The van der Waals surface area contributed by atoms with E-state index in [1.54, 1.807) is 0 Å². The summed E-state index contributed by atoms with van der Waals surface area (Å²) in [5.41, 5.74) is 0. The zero-order valence-corrected chi connectivity index (χ0v) is 10.4. The summed E-state index contributed by atoms with van der Waals surface area (Å²) in [7, 11) is -6.93. The van der Waals surface area contributed by atoms with Gasteiger partial charge < -0.3 is 4.74 Å². The fourth-order valence-electron chi connectivity index (χ4n) is 0.661. The lowest BCUT2D eigenvalue weighted by Gasteiger charge is -2.28. The minimum atomic E-state index is -6.93. The van der Waals surface area contributed by atoms with Crippen molar-refractivity contribution < 1.29 is 66.3 Å². The number of hydrogen-bond acceptors (Lipinski definition) is 4. The van der Waals surface area contributed by atoms with Crippen molar-refractivity contribution in [3.05, 3.63) is 0 Å². The molecule has 0 radical (unpaired) electrons. The maximum atomic E-state index is 12.6. The second kappa shape index (κ2) is 5.97. The van der Waals surface area contributed by atoms with E-state index in [1.807, 2.05) is 0 Å². The first-order valence-electron chi connectivity index (χ1n) is 4.46. The molecule has 1 atom stereocenters. The third-order valence-electron chi connectivity index (χ3n) is 1.61. The molecule has 0 aliphatic rings. The van der Waals surface area contributed by atoms with Gasteiger partial charge in [-0.25, -0.2) is 4.39 Å². The fourth-order valence-corrected chi connectivity index (χ4v) is 1.01. The van der Waals surface area contributed by atoms with Gasteiger partial charge in [0, 0.05) is 0 Å². The highest BCUT2D eigenvalue weighted by atomic mass is 32.2. The molecule has 0 heterocycles. The zero-order chi connectivity index (χ0) is 18.2. The highest BCUT2D eigenvalue weighted by Gasteiger charge is 2.70. The monoisotopic (exact) mass is 378 g/mol. The molecule has 22 heavy (non-hydrogen) atoms. The van der Waals surface area contributed by atoms with Crippen LogP contribution in [-0.2, 0) is 19.6 Å². The van der Waals surface area contributed by atoms with Gasteiger partial charge in [-0.15, -0.1) is 0 Å². The molecule has 5 nitrogen and oxygen atoms in total. The zero-order valence-electron chi connectivity index (χ0n) is 9.55. The van der Waals surface area contributed by atoms with Crippen LogP contribution in [0.25, 0.3) is 0 Å². The summed E-state index contributed by atoms with van der Waals surface area (Å²) in [4.78, 5) is 0. The molecular formula is C6H4F10O5S. The van der Waals surface area contributed by atoms with Gasteiger partial charge in [0.05, 0.1) is 0 Å². The third kappa shape index (κ3) is 5.10. The molecule has 0 rings (SSSR count). The van der Waals surface area contributed by atoms with E-state index < -0.39 is 46.7 Å². The number of rotatable bonds is 7. The summed E-state index contributed by atoms with van der Waals surface area (Å²) in [6, 6.07) is 0. The molecule has 134 valence electrons. The molecule has 16 heteroatoms. The topological polar surface area (TPSA) is 72.8 Å². The summed E-state index contributed by atoms with van der Waals surface area (Å²) in [5, 5.41) is -6.57. The molecular weight excluding hydrogens is 374 g/mol. The van der Waals surface area contributed by atoms with E-state index in [9.17, 15) is 52.3 Å². The van der Waals surface area contributed by atoms with Crippen molar-refractivity contribution in [3.63, 3.8) is 0 Å². The summed E-state index contributed by atoms with van der Waals surface area (Å²) in [5.74, 6) is 0. The van der Waals surface area contributed by atoms with E-state index in [1.165, 1.54) is 0 Å². The largest absolute Gasteiger partial charge is 0.460 e. The van der Waals surface area contributed by atoms with Crippen molar-refractivity contribution in [3.8, 4) is 0 Å². The number of ether oxygens (including phenoxy) is 2. The lowest BCUT2D eigenvalue weighted by atomic mass is 10.5. The Balaban J connectivity index is 5.14. The van der Waals surface area contributed by atoms with Gasteiger partial charge >= 0.3 is 33.8 Å². The standard InChI is InChI=1S/C6H4F10O5S/c7-2(4(11,12)20-1-3(8,9)10)21-5(13,14)6(15,16)22(17,18)19/h2H,1H2,(H,17,18,19). The van der Waals surface area contributed by atoms with Gasteiger partial charge in [-0.3, -0.25) is 9.29 Å². The van der Waals surface area contributed by atoms with Crippen LogP contribution in [0, 0.1) is 0 Å². The van der Waals surface area contributed by atoms with Crippen molar-refractivity contribution >= 4 is 10.1 Å². The Bertz CT molecular complexity index is 485. The van der Waals surface area contributed by atoms with Crippen molar-refractivity contribution in [1.29, 1.82) is 0 Å². The van der Waals surface area contributed by atoms with Crippen LogP contribution in [0.1, 0.15) is 0 Å². The van der Waals surface area contributed by atoms with Crippen molar-refractivity contribution in [2.45, 2.75) is 30.0 Å². The van der Waals surface area contributed by atoms with Gasteiger partial charge in [-0.05, 0) is 0 Å². The quantitative estimate of drug-likeness (QED) is 0.545. The Labute approximate surface area is 114 Å². The summed E-state index contributed by atoms with van der Waals surface area (Å²) in [6.45, 7) is -2.86. The van der Waals surface area contributed by atoms with Crippen LogP contribution in [0.15, 0.2) is 0 Å². The first kappa shape index (κ1) is 21.1. The summed E-state index contributed by atoms with van der Waals surface area (Å²) >= 11 is 0. The van der Waals surface area contributed by atoms with Crippen LogP contribution in [-0.4, -0.2) is 49.6 Å². The molecule has 0 fully saturated rings. The van der Waals surface area contributed by atoms with Crippen molar-refractivity contribution in [1.82, 2.24) is 0 Å². The molecule has 1 N–H and O–H groups in total. The SMILES string of the molecule is O=S(=O)(O)C(F)(F)C(F)(F)OC(F)C(F)(F)OCC(F)(F)F.